The second kappa shape index (κ2) is 8.94. The first-order valence-corrected chi connectivity index (χ1v) is 10.0. The molecule has 0 spiro atoms. The monoisotopic (exact) mass is 461 g/mol. The number of carbonyl (C=O) groups excluding carboxylic acids is 1. The molecule has 34 heavy (non-hydrogen) atoms. The van der Waals surface area contributed by atoms with Gasteiger partial charge in [-0.05, 0) is 22.1 Å². The third kappa shape index (κ3) is 3.88. The fourth-order valence-electron chi connectivity index (χ4n) is 3.78. The van der Waals surface area contributed by atoms with Gasteiger partial charge in [-0.25, -0.2) is 9.67 Å². The van der Waals surface area contributed by atoms with Crippen LogP contribution >= 0.6 is 0 Å². The van der Waals surface area contributed by atoms with Crippen LogP contribution in [-0.2, 0) is 14.1 Å². The van der Waals surface area contributed by atoms with Crippen molar-refractivity contribution < 1.29 is 14.4 Å². The Kier molecular flexibility index (Phi) is 5.88. The second-order valence-electron chi connectivity index (χ2n) is 7.52. The van der Waals surface area contributed by atoms with E-state index < -0.39 is 34.7 Å². The molecule has 0 radical (unpaired) electrons. The number of rotatable bonds is 6. The van der Waals surface area contributed by atoms with Crippen LogP contribution in [0.15, 0.2) is 46.0 Å². The third-order valence-electron chi connectivity index (χ3n) is 5.46. The van der Waals surface area contributed by atoms with Gasteiger partial charge in [0.1, 0.15) is 17.8 Å². The van der Waals surface area contributed by atoms with Crippen LogP contribution in [0.4, 0.5) is 5.69 Å². The Morgan fingerprint density at radius 1 is 1.26 bits per heavy atom. The molecule has 13 heteroatoms. The van der Waals surface area contributed by atoms with E-state index in [-0.39, 0.29) is 11.5 Å². The maximum absolute atomic E-state index is 12.8. The van der Waals surface area contributed by atoms with E-state index in [1.54, 1.807) is 38.2 Å². The Morgan fingerprint density at radius 3 is 2.68 bits per heavy atom. The van der Waals surface area contributed by atoms with Crippen molar-refractivity contribution in [2.75, 3.05) is 5.32 Å². The summed E-state index contributed by atoms with van der Waals surface area (Å²) in [4.78, 5) is 29.9. The van der Waals surface area contributed by atoms with Crippen LogP contribution in [0, 0.1) is 11.3 Å². The minimum Gasteiger partial charge on any atom is -0.501 e. The van der Waals surface area contributed by atoms with Gasteiger partial charge in [-0.2, -0.15) is 5.26 Å². The molecule has 0 saturated heterocycles. The Bertz CT molecular complexity index is 1450. The number of anilines is 1. The van der Waals surface area contributed by atoms with E-state index in [1.807, 2.05) is 0 Å². The van der Waals surface area contributed by atoms with E-state index in [9.17, 15) is 20.0 Å². The maximum Gasteiger partial charge on any atom is 0.296 e. The minimum atomic E-state index is -0.818. The number of hydrogen-bond donors (Lipinski definition) is 2. The average molecular weight is 461 g/mol. The van der Waals surface area contributed by atoms with E-state index in [0.717, 1.165) is 4.57 Å². The van der Waals surface area contributed by atoms with Crippen LogP contribution in [0.3, 0.4) is 0 Å². The van der Waals surface area contributed by atoms with E-state index >= 15 is 0 Å². The highest BCUT2D eigenvalue weighted by molar-refractivity contribution is 6.04. The zero-order valence-electron chi connectivity index (χ0n) is 18.4. The second-order valence-corrected chi connectivity index (χ2v) is 7.52. The molecule has 2 atom stereocenters. The lowest BCUT2D eigenvalue weighted by molar-refractivity contribution is 0.101. The first-order chi connectivity index (χ1) is 16.3. The van der Waals surface area contributed by atoms with Gasteiger partial charge in [-0.1, -0.05) is 30.3 Å². The average Bonchev–Trinajstić information content (AvgIpc) is 3.50. The van der Waals surface area contributed by atoms with Crippen molar-refractivity contribution in [2.45, 2.75) is 18.8 Å². The quantitative estimate of drug-likeness (QED) is 0.422. The van der Waals surface area contributed by atoms with Crippen LogP contribution in [0.1, 0.15) is 52.0 Å². The summed E-state index contributed by atoms with van der Waals surface area (Å²) in [6.45, 7) is 1.77. The third-order valence-corrected chi connectivity index (χ3v) is 5.46. The number of hydrogen-bond acceptors (Lipinski definition) is 10. The van der Waals surface area contributed by atoms with Crippen molar-refractivity contribution in [3.63, 3.8) is 0 Å². The molecule has 0 aliphatic carbocycles. The summed E-state index contributed by atoms with van der Waals surface area (Å²) in [5.74, 6) is -2.22. The van der Waals surface area contributed by atoms with Gasteiger partial charge in [0.25, 0.3) is 11.5 Å². The van der Waals surface area contributed by atoms with E-state index in [0.29, 0.717) is 17.0 Å². The summed E-state index contributed by atoms with van der Waals surface area (Å²) < 4.78 is 7.30. The van der Waals surface area contributed by atoms with Crippen molar-refractivity contribution in [1.82, 2.24) is 34.9 Å². The Labute approximate surface area is 192 Å². The van der Waals surface area contributed by atoms with Crippen molar-refractivity contribution in [3.05, 3.63) is 75.5 Å². The molecule has 0 unspecified atom stereocenters. The first-order valence-electron chi connectivity index (χ1n) is 10.0. The number of nitrogens with one attached hydrogen (secondary N) is 1. The minimum absolute atomic E-state index is 0.180. The van der Waals surface area contributed by atoms with Gasteiger partial charge < -0.3 is 14.9 Å². The number of amides is 1. The Hall–Kier alpha value is -4.86. The van der Waals surface area contributed by atoms with Gasteiger partial charge in [0, 0.05) is 20.0 Å². The van der Waals surface area contributed by atoms with Crippen molar-refractivity contribution in [3.8, 4) is 11.8 Å². The molecular weight excluding hydrogens is 442 g/mol. The highest BCUT2D eigenvalue weighted by atomic mass is 16.5. The lowest BCUT2D eigenvalue weighted by atomic mass is 9.83. The summed E-state index contributed by atoms with van der Waals surface area (Å²) in [6.07, 6.45) is 2.45. The van der Waals surface area contributed by atoms with Gasteiger partial charge in [-0.3, -0.25) is 14.2 Å². The molecule has 0 aliphatic heterocycles. The predicted octanol–water partition coefficient (Wildman–Crippen LogP) is 1.06. The van der Waals surface area contributed by atoms with Gasteiger partial charge >= 0.3 is 0 Å². The molecule has 0 saturated carbocycles. The summed E-state index contributed by atoms with van der Waals surface area (Å²) in [6, 6.07) is 9.12. The molecule has 0 bridgehead atoms. The molecule has 2 N–H and O–H groups in total. The normalized spacial score (nSPS) is 12.6. The zero-order chi connectivity index (χ0) is 24.4. The molecule has 4 aromatic rings. The number of aromatic hydroxyl groups is 1. The van der Waals surface area contributed by atoms with Crippen molar-refractivity contribution >= 4 is 11.6 Å². The van der Waals surface area contributed by atoms with Gasteiger partial charge in [0.2, 0.25) is 5.75 Å². The highest BCUT2D eigenvalue weighted by Gasteiger charge is 2.33. The number of nitrogens with zero attached hydrogens (tertiary/aromatic N) is 8. The van der Waals surface area contributed by atoms with Crippen molar-refractivity contribution in [1.29, 1.82) is 5.26 Å². The van der Waals surface area contributed by atoms with Crippen LogP contribution in [0.5, 0.6) is 5.75 Å². The van der Waals surface area contributed by atoms with E-state index in [1.165, 1.54) is 24.2 Å². The van der Waals surface area contributed by atoms with Crippen molar-refractivity contribution in [2.24, 2.45) is 14.1 Å². The number of aromatic nitrogens is 7. The number of carbonyl (C=O) groups is 1. The van der Waals surface area contributed by atoms with Gasteiger partial charge in [0.15, 0.2) is 11.5 Å². The van der Waals surface area contributed by atoms with Gasteiger partial charge in [-0.15, -0.1) is 5.10 Å². The van der Waals surface area contributed by atoms with Crippen LogP contribution in [-0.4, -0.2) is 45.9 Å². The molecule has 0 fully saturated rings. The van der Waals surface area contributed by atoms with Crippen LogP contribution in [0.2, 0.25) is 0 Å². The molecule has 3 heterocycles. The molecule has 1 amide bonds. The Balaban J connectivity index is 1.87. The summed E-state index contributed by atoms with van der Waals surface area (Å²) in [7, 11) is 3.09. The summed E-state index contributed by atoms with van der Waals surface area (Å²) in [5.41, 5.74) is -0.0255. The standard InChI is InChI=1S/C21H19N9O4/c1-11(15(19-26-27-28-30(19)3)14-7-5-4-6-12(14)8-22)18-25-16(17(31)21(33)29(18)2)20(32)24-13-9-23-34-10-13/h4-7,9-11,15,31H,1-3H3,(H,24,32)/t11-,15-/m1/s1. The molecule has 4 rings (SSSR count). The van der Waals surface area contributed by atoms with Crippen LogP contribution in [0.25, 0.3) is 0 Å². The lowest BCUT2D eigenvalue weighted by Gasteiger charge is -2.25. The molecule has 3 aromatic heterocycles. The topological polar surface area (TPSA) is 178 Å². The number of tetrazole rings is 1. The maximum atomic E-state index is 12.8. The lowest BCUT2D eigenvalue weighted by Crippen LogP contribution is -2.30. The largest absolute Gasteiger partial charge is 0.501 e. The first kappa shape index (κ1) is 22.3. The summed E-state index contributed by atoms with van der Waals surface area (Å²) >= 11 is 0. The fraction of sp³-hybridized carbons (Fsp3) is 0.238. The van der Waals surface area contributed by atoms with Gasteiger partial charge in [0.05, 0.1) is 23.7 Å². The number of aryl methyl sites for hydroxylation is 1. The smallest absolute Gasteiger partial charge is 0.296 e. The highest BCUT2D eigenvalue weighted by Crippen LogP contribution is 2.37. The number of benzene rings is 1. The zero-order valence-corrected chi connectivity index (χ0v) is 18.4. The molecule has 172 valence electrons. The Morgan fingerprint density at radius 2 is 2.03 bits per heavy atom. The molecular formula is C21H19N9O4. The van der Waals surface area contributed by atoms with E-state index in [2.05, 4.69) is 41.6 Å². The molecule has 0 aliphatic rings. The predicted molar refractivity (Wildman–Crippen MR) is 116 cm³/mol. The SMILES string of the molecule is C[C@@H](c1nc(C(=O)Nc2cnoc2)c(O)c(=O)n1C)[C@H](c1ccccc1C#N)c1nnnn1C. The molecule has 1 aromatic carbocycles. The van der Waals surface area contributed by atoms with Crippen LogP contribution < -0.4 is 10.9 Å². The number of nitriles is 1. The van der Waals surface area contributed by atoms with E-state index in [4.69, 9.17) is 0 Å². The fourth-order valence-corrected chi connectivity index (χ4v) is 3.78. The summed E-state index contributed by atoms with van der Waals surface area (Å²) in [5, 5.41) is 37.7. The molecule has 13 nitrogen and oxygen atoms in total.